The third-order valence-electron chi connectivity index (χ3n) is 3.58. The van der Waals surface area contributed by atoms with Crippen molar-refractivity contribution < 1.29 is 9.59 Å². The highest BCUT2D eigenvalue weighted by Crippen LogP contribution is 2.12. The molecule has 20 heavy (non-hydrogen) atoms. The van der Waals surface area contributed by atoms with E-state index in [1.165, 1.54) is 32.1 Å². The number of hydrogen-bond acceptors (Lipinski definition) is 2. The zero-order valence-corrected chi connectivity index (χ0v) is 13.9. The van der Waals surface area contributed by atoms with Crippen LogP contribution in [-0.4, -0.2) is 11.6 Å². The molecule has 0 aliphatic carbocycles. The van der Waals surface area contributed by atoms with Gasteiger partial charge in [0.2, 0.25) is 0 Å². The van der Waals surface area contributed by atoms with E-state index in [0.29, 0.717) is 17.5 Å². The van der Waals surface area contributed by atoms with Gasteiger partial charge in [-0.2, -0.15) is 0 Å². The molecule has 0 spiro atoms. The van der Waals surface area contributed by atoms with Crippen molar-refractivity contribution >= 4 is 11.6 Å². The Bertz CT molecular complexity index is 256. The van der Waals surface area contributed by atoms with Gasteiger partial charge in [-0.25, -0.2) is 0 Å². The number of rotatable bonds is 14. The molecule has 0 aromatic rings. The molecule has 0 aromatic carbocycles. The van der Waals surface area contributed by atoms with Crippen molar-refractivity contribution in [3.05, 3.63) is 0 Å². The Morgan fingerprint density at radius 3 is 1.60 bits per heavy atom. The summed E-state index contributed by atoms with van der Waals surface area (Å²) in [6.07, 6.45) is 12.2. The minimum Gasteiger partial charge on any atom is -0.300 e. The maximum absolute atomic E-state index is 11.5. The third kappa shape index (κ3) is 13.8. The molecule has 0 bridgehead atoms. The lowest BCUT2D eigenvalue weighted by Gasteiger charge is -2.04. The monoisotopic (exact) mass is 282 g/mol. The van der Waals surface area contributed by atoms with E-state index in [-0.39, 0.29) is 0 Å². The lowest BCUT2D eigenvalue weighted by molar-refractivity contribution is -0.120. The quantitative estimate of drug-likeness (QED) is 0.395. The number of hydrogen-bond donors (Lipinski definition) is 0. The summed E-state index contributed by atoms with van der Waals surface area (Å²) in [5.74, 6) is 1.35. The Labute approximate surface area is 125 Å². The van der Waals surface area contributed by atoms with Crippen LogP contribution in [0.15, 0.2) is 0 Å². The summed E-state index contributed by atoms with van der Waals surface area (Å²) in [5.41, 5.74) is 0. The highest BCUT2D eigenvalue weighted by Gasteiger charge is 2.04. The molecule has 0 aliphatic heterocycles. The van der Waals surface area contributed by atoms with E-state index in [1.807, 2.05) is 0 Å². The molecule has 0 aromatic heterocycles. The predicted octanol–water partition coefficient (Wildman–Crippen LogP) is 5.48. The molecule has 0 rings (SSSR count). The van der Waals surface area contributed by atoms with E-state index >= 15 is 0 Å². The Kier molecular flexibility index (Phi) is 12.9. The molecule has 2 heteroatoms. The Morgan fingerprint density at radius 1 is 0.700 bits per heavy atom. The first kappa shape index (κ1) is 19.3. The average Bonchev–Trinajstić information content (AvgIpc) is 2.36. The maximum Gasteiger partial charge on any atom is 0.133 e. The van der Waals surface area contributed by atoms with Crippen LogP contribution in [0.5, 0.6) is 0 Å². The van der Waals surface area contributed by atoms with E-state index < -0.39 is 0 Å². The first-order chi connectivity index (χ1) is 9.56. The summed E-state index contributed by atoms with van der Waals surface area (Å²) in [6, 6.07) is 0. The van der Waals surface area contributed by atoms with E-state index in [1.54, 1.807) is 0 Å². The second-order valence-electron chi connectivity index (χ2n) is 6.40. The topological polar surface area (TPSA) is 34.1 Å². The van der Waals surface area contributed by atoms with Crippen LogP contribution in [0.2, 0.25) is 0 Å². The first-order valence-electron chi connectivity index (χ1n) is 8.59. The summed E-state index contributed by atoms with van der Waals surface area (Å²) >= 11 is 0. The number of ketones is 2. The fourth-order valence-corrected chi connectivity index (χ4v) is 2.49. The van der Waals surface area contributed by atoms with E-state index in [2.05, 4.69) is 20.8 Å². The number of carbonyl (C=O) groups is 2. The van der Waals surface area contributed by atoms with Crippen LogP contribution in [-0.2, 0) is 9.59 Å². The van der Waals surface area contributed by atoms with Gasteiger partial charge in [0, 0.05) is 25.7 Å². The van der Waals surface area contributed by atoms with Crippen LogP contribution in [0, 0.1) is 5.92 Å². The molecule has 0 amide bonds. The molecule has 0 saturated heterocycles. The highest BCUT2D eigenvalue weighted by molar-refractivity contribution is 5.78. The van der Waals surface area contributed by atoms with Gasteiger partial charge in [-0.15, -0.1) is 0 Å². The van der Waals surface area contributed by atoms with Gasteiger partial charge >= 0.3 is 0 Å². The zero-order valence-electron chi connectivity index (χ0n) is 13.9. The summed E-state index contributed by atoms with van der Waals surface area (Å²) in [5, 5.41) is 0. The number of unbranched alkanes of at least 4 members (excludes halogenated alkanes) is 6. The Morgan fingerprint density at radius 2 is 1.15 bits per heavy atom. The van der Waals surface area contributed by atoms with Gasteiger partial charge in [0.25, 0.3) is 0 Å². The summed E-state index contributed by atoms with van der Waals surface area (Å²) in [6.45, 7) is 6.26. The normalized spacial score (nSPS) is 11.0. The Hall–Kier alpha value is -0.660. The minimum atomic E-state index is 0.425. The van der Waals surface area contributed by atoms with E-state index in [4.69, 9.17) is 0 Å². The molecule has 118 valence electrons. The molecule has 0 saturated carbocycles. The Balaban J connectivity index is 3.21. The van der Waals surface area contributed by atoms with Crippen LogP contribution < -0.4 is 0 Å². The van der Waals surface area contributed by atoms with Crippen LogP contribution in [0.25, 0.3) is 0 Å². The highest BCUT2D eigenvalue weighted by atomic mass is 16.1. The zero-order chi connectivity index (χ0) is 15.2. The van der Waals surface area contributed by atoms with Crippen molar-refractivity contribution in [3.8, 4) is 0 Å². The van der Waals surface area contributed by atoms with Crippen molar-refractivity contribution in [2.45, 2.75) is 97.8 Å². The second kappa shape index (κ2) is 13.3. The van der Waals surface area contributed by atoms with Gasteiger partial charge < -0.3 is 0 Å². The van der Waals surface area contributed by atoms with Crippen molar-refractivity contribution in [3.63, 3.8) is 0 Å². The summed E-state index contributed by atoms with van der Waals surface area (Å²) in [7, 11) is 0. The van der Waals surface area contributed by atoms with Crippen molar-refractivity contribution in [2.24, 2.45) is 5.92 Å². The number of carbonyl (C=O) groups excluding carboxylic acids is 2. The molecule has 0 fully saturated rings. The maximum atomic E-state index is 11.5. The molecule has 0 unspecified atom stereocenters. The number of Topliss-reactive ketones (excluding diaryl/α,β-unsaturated/α-hetero) is 2. The predicted molar refractivity (Wildman–Crippen MR) is 85.9 cm³/mol. The van der Waals surface area contributed by atoms with Gasteiger partial charge in [-0.1, -0.05) is 52.9 Å². The largest absolute Gasteiger partial charge is 0.300 e. The summed E-state index contributed by atoms with van der Waals surface area (Å²) in [4.78, 5) is 22.8. The molecular formula is C18H34O2. The second-order valence-corrected chi connectivity index (χ2v) is 6.40. The third-order valence-corrected chi connectivity index (χ3v) is 3.58. The molecule has 0 N–H and O–H groups in total. The van der Waals surface area contributed by atoms with Gasteiger partial charge in [0.15, 0.2) is 0 Å². The molecule has 0 atom stereocenters. The fraction of sp³-hybridized carbons (Fsp3) is 0.889. The van der Waals surface area contributed by atoms with Crippen LogP contribution in [0.1, 0.15) is 97.8 Å². The van der Waals surface area contributed by atoms with Gasteiger partial charge in [0.05, 0.1) is 0 Å². The average molecular weight is 282 g/mol. The van der Waals surface area contributed by atoms with Gasteiger partial charge in [-0.05, 0) is 25.2 Å². The van der Waals surface area contributed by atoms with Crippen LogP contribution >= 0.6 is 0 Å². The summed E-state index contributed by atoms with van der Waals surface area (Å²) < 4.78 is 0. The van der Waals surface area contributed by atoms with Gasteiger partial charge in [-0.3, -0.25) is 9.59 Å². The molecule has 0 heterocycles. The molecular weight excluding hydrogens is 248 g/mol. The molecule has 0 radical (unpaired) electrons. The first-order valence-corrected chi connectivity index (χ1v) is 8.59. The van der Waals surface area contributed by atoms with Crippen LogP contribution in [0.3, 0.4) is 0 Å². The smallest absolute Gasteiger partial charge is 0.133 e. The van der Waals surface area contributed by atoms with E-state index in [0.717, 1.165) is 44.9 Å². The minimum absolute atomic E-state index is 0.425. The molecule has 0 aliphatic rings. The molecule has 2 nitrogen and oxygen atoms in total. The van der Waals surface area contributed by atoms with Gasteiger partial charge in [0.1, 0.15) is 11.6 Å². The van der Waals surface area contributed by atoms with Crippen molar-refractivity contribution in [1.82, 2.24) is 0 Å². The van der Waals surface area contributed by atoms with Crippen molar-refractivity contribution in [2.75, 3.05) is 0 Å². The fourth-order valence-electron chi connectivity index (χ4n) is 2.49. The standard InChI is InChI=1S/C18H34O2/c1-4-12-17(19)13-10-8-6-5-7-9-11-14-18(20)15-16(2)3/h16H,4-15H2,1-3H3. The SMILES string of the molecule is CCCC(=O)CCCCCCCCCC(=O)CC(C)C. The lowest BCUT2D eigenvalue weighted by Crippen LogP contribution is -2.02. The van der Waals surface area contributed by atoms with Crippen LogP contribution in [0.4, 0.5) is 0 Å². The van der Waals surface area contributed by atoms with Crippen molar-refractivity contribution in [1.29, 1.82) is 0 Å². The lowest BCUT2D eigenvalue weighted by atomic mass is 10.0. The van der Waals surface area contributed by atoms with E-state index in [9.17, 15) is 9.59 Å².